The minimum atomic E-state index is -1.09. The highest BCUT2D eigenvalue weighted by Crippen LogP contribution is 2.17. The molecule has 2 rings (SSSR count). The zero-order valence-corrected chi connectivity index (χ0v) is 12.3. The van der Waals surface area contributed by atoms with Gasteiger partial charge in [-0.15, -0.1) is 11.3 Å². The van der Waals surface area contributed by atoms with Crippen LogP contribution in [-0.4, -0.2) is 52.5 Å². The third kappa shape index (κ3) is 3.48. The fraction of sp³-hybridized carbons (Fsp3) is 0.500. The van der Waals surface area contributed by atoms with Gasteiger partial charge in [-0.3, -0.25) is 4.79 Å². The number of nitrogens with one attached hydrogen (secondary N) is 2. The zero-order valence-electron chi connectivity index (χ0n) is 11.5. The Hall–Kier alpha value is -2.16. The first kappa shape index (κ1) is 15.2. The fourth-order valence-electron chi connectivity index (χ4n) is 2.19. The molecule has 1 aliphatic heterocycles. The van der Waals surface area contributed by atoms with Crippen LogP contribution in [0.25, 0.3) is 0 Å². The number of likely N-dealkylation sites (N-methyl/N-ethyl adjacent to an activating group) is 1. The topological polar surface area (TPSA) is 112 Å². The molecule has 2 heterocycles. The molecule has 3 N–H and O–H groups in total. The summed E-state index contributed by atoms with van der Waals surface area (Å²) in [6, 6.07) is -0.783. The van der Waals surface area contributed by atoms with E-state index in [9.17, 15) is 14.4 Å². The molecule has 1 aromatic rings. The summed E-state index contributed by atoms with van der Waals surface area (Å²) in [5.41, 5.74) is -0.0336. The van der Waals surface area contributed by atoms with Crippen molar-refractivity contribution >= 4 is 29.2 Å². The van der Waals surface area contributed by atoms with Gasteiger partial charge in [-0.2, -0.15) is 0 Å². The maximum atomic E-state index is 12.1. The van der Waals surface area contributed by atoms with Gasteiger partial charge in [0, 0.05) is 19.0 Å². The fourth-order valence-corrected chi connectivity index (χ4v) is 2.90. The Kier molecular flexibility index (Phi) is 4.73. The first-order valence-corrected chi connectivity index (χ1v) is 7.34. The average Bonchev–Trinajstić information content (AvgIpc) is 3.12. The summed E-state index contributed by atoms with van der Waals surface area (Å²) in [5.74, 6) is -1.27. The Morgan fingerprint density at radius 3 is 2.90 bits per heavy atom. The molecule has 0 spiro atoms. The van der Waals surface area contributed by atoms with E-state index in [1.54, 1.807) is 7.05 Å². The molecular weight excluding hydrogens is 296 g/mol. The van der Waals surface area contributed by atoms with Gasteiger partial charge in [0.1, 0.15) is 11.0 Å². The van der Waals surface area contributed by atoms with Gasteiger partial charge in [-0.05, 0) is 12.8 Å². The number of aromatic nitrogens is 1. The van der Waals surface area contributed by atoms with E-state index in [1.807, 2.05) is 0 Å². The summed E-state index contributed by atoms with van der Waals surface area (Å²) < 4.78 is 0. The number of hydrogen-bond donors (Lipinski definition) is 3. The zero-order chi connectivity index (χ0) is 15.4. The van der Waals surface area contributed by atoms with Crippen molar-refractivity contribution in [3.05, 3.63) is 16.1 Å². The first-order valence-electron chi connectivity index (χ1n) is 6.46. The van der Waals surface area contributed by atoms with Crippen molar-refractivity contribution in [1.82, 2.24) is 20.5 Å². The molecular formula is C12H16N4O4S. The van der Waals surface area contributed by atoms with E-state index in [2.05, 4.69) is 15.6 Å². The van der Waals surface area contributed by atoms with E-state index in [0.29, 0.717) is 18.0 Å². The SMILES string of the molecule is CNC(=O)C1CCCN1C(=O)NCc1nc(C(=O)O)cs1. The van der Waals surface area contributed by atoms with Gasteiger partial charge in [0.15, 0.2) is 5.69 Å². The largest absolute Gasteiger partial charge is 0.476 e. The van der Waals surface area contributed by atoms with Crippen LogP contribution >= 0.6 is 11.3 Å². The normalized spacial score (nSPS) is 17.6. The lowest BCUT2D eigenvalue weighted by Crippen LogP contribution is -2.48. The highest BCUT2D eigenvalue weighted by Gasteiger charge is 2.33. The standard InChI is InChI=1S/C12H16N4O4S/c1-13-10(17)8-3-2-4-16(8)12(20)14-5-9-15-7(6-21-9)11(18)19/h6,8H,2-5H2,1H3,(H,13,17)(H,14,20)(H,18,19). The van der Waals surface area contributed by atoms with E-state index in [0.717, 1.165) is 6.42 Å². The Morgan fingerprint density at radius 2 is 2.29 bits per heavy atom. The van der Waals surface area contributed by atoms with E-state index in [1.165, 1.54) is 21.6 Å². The molecule has 9 heteroatoms. The summed E-state index contributed by atoms with van der Waals surface area (Å²) in [4.78, 5) is 39.9. The minimum absolute atomic E-state index is 0.0336. The van der Waals surface area contributed by atoms with E-state index < -0.39 is 12.0 Å². The molecule has 0 saturated carbocycles. The predicted molar refractivity (Wildman–Crippen MR) is 75.1 cm³/mol. The second-order valence-electron chi connectivity index (χ2n) is 4.56. The number of carboxylic acids is 1. The number of amides is 3. The van der Waals surface area contributed by atoms with Gasteiger partial charge in [0.2, 0.25) is 5.91 Å². The van der Waals surface area contributed by atoms with Crippen LogP contribution in [0.4, 0.5) is 4.79 Å². The summed E-state index contributed by atoms with van der Waals surface area (Å²) in [7, 11) is 1.54. The maximum absolute atomic E-state index is 12.1. The van der Waals surface area contributed by atoms with Gasteiger partial charge in [0.05, 0.1) is 6.54 Å². The predicted octanol–water partition coefficient (Wildman–Crippen LogP) is 0.261. The van der Waals surface area contributed by atoms with Crippen molar-refractivity contribution in [2.75, 3.05) is 13.6 Å². The van der Waals surface area contributed by atoms with E-state index in [4.69, 9.17) is 5.11 Å². The second kappa shape index (κ2) is 6.53. The van der Waals surface area contributed by atoms with Crippen LogP contribution in [0.15, 0.2) is 5.38 Å². The van der Waals surface area contributed by atoms with Gasteiger partial charge >= 0.3 is 12.0 Å². The lowest BCUT2D eigenvalue weighted by atomic mass is 10.2. The van der Waals surface area contributed by atoms with Crippen LogP contribution in [0.5, 0.6) is 0 Å². The molecule has 1 fully saturated rings. The van der Waals surface area contributed by atoms with E-state index in [-0.39, 0.29) is 24.2 Å². The third-order valence-corrected chi connectivity index (χ3v) is 4.07. The Labute approximate surface area is 125 Å². The van der Waals surface area contributed by atoms with Crippen LogP contribution in [0.1, 0.15) is 28.3 Å². The molecule has 1 aliphatic rings. The molecule has 1 atom stereocenters. The molecule has 0 aliphatic carbocycles. The third-order valence-electron chi connectivity index (χ3n) is 3.22. The Bertz CT molecular complexity index is 559. The van der Waals surface area contributed by atoms with E-state index >= 15 is 0 Å². The highest BCUT2D eigenvalue weighted by molar-refractivity contribution is 7.09. The summed E-state index contributed by atoms with van der Waals surface area (Å²) in [6.45, 7) is 0.676. The van der Waals surface area contributed by atoms with Crippen molar-refractivity contribution in [3.63, 3.8) is 0 Å². The minimum Gasteiger partial charge on any atom is -0.476 e. The molecule has 0 aromatic carbocycles. The number of carbonyl (C=O) groups is 3. The maximum Gasteiger partial charge on any atom is 0.355 e. The van der Waals surface area contributed by atoms with Crippen LogP contribution < -0.4 is 10.6 Å². The number of nitrogens with zero attached hydrogens (tertiary/aromatic N) is 2. The lowest BCUT2D eigenvalue weighted by Gasteiger charge is -2.23. The molecule has 3 amide bonds. The summed E-state index contributed by atoms with van der Waals surface area (Å²) in [5, 5.41) is 15.9. The van der Waals surface area contributed by atoms with Crippen LogP contribution in [-0.2, 0) is 11.3 Å². The van der Waals surface area contributed by atoms with Gasteiger partial charge < -0.3 is 20.6 Å². The smallest absolute Gasteiger partial charge is 0.355 e. The number of thiazole rings is 1. The highest BCUT2D eigenvalue weighted by atomic mass is 32.1. The quantitative estimate of drug-likeness (QED) is 0.738. The average molecular weight is 312 g/mol. The molecule has 114 valence electrons. The Morgan fingerprint density at radius 1 is 1.52 bits per heavy atom. The van der Waals surface area contributed by atoms with Crippen molar-refractivity contribution < 1.29 is 19.5 Å². The number of likely N-dealkylation sites (tertiary alicyclic amines) is 1. The molecule has 21 heavy (non-hydrogen) atoms. The molecule has 1 unspecified atom stereocenters. The summed E-state index contributed by atoms with van der Waals surface area (Å²) in [6.07, 6.45) is 1.43. The monoisotopic (exact) mass is 312 g/mol. The van der Waals surface area contributed by atoms with Crippen LogP contribution in [0.3, 0.4) is 0 Å². The van der Waals surface area contributed by atoms with Crippen molar-refractivity contribution in [2.45, 2.75) is 25.4 Å². The molecule has 1 aromatic heterocycles. The Balaban J connectivity index is 1.91. The molecule has 8 nitrogen and oxygen atoms in total. The van der Waals surface area contributed by atoms with Crippen molar-refractivity contribution in [2.24, 2.45) is 0 Å². The number of hydrogen-bond acceptors (Lipinski definition) is 5. The molecule has 1 saturated heterocycles. The summed E-state index contributed by atoms with van der Waals surface area (Å²) >= 11 is 1.17. The van der Waals surface area contributed by atoms with Crippen LogP contribution in [0.2, 0.25) is 0 Å². The molecule has 0 radical (unpaired) electrons. The van der Waals surface area contributed by atoms with Crippen molar-refractivity contribution in [1.29, 1.82) is 0 Å². The number of rotatable bonds is 4. The second-order valence-corrected chi connectivity index (χ2v) is 5.50. The first-order chi connectivity index (χ1) is 10.0. The van der Waals surface area contributed by atoms with Gasteiger partial charge in [0.25, 0.3) is 0 Å². The number of aromatic carboxylic acids is 1. The van der Waals surface area contributed by atoms with Crippen LogP contribution in [0, 0.1) is 0 Å². The number of carbonyl (C=O) groups excluding carboxylic acids is 2. The van der Waals surface area contributed by atoms with Gasteiger partial charge in [-0.1, -0.05) is 0 Å². The number of urea groups is 1. The molecule has 0 bridgehead atoms. The van der Waals surface area contributed by atoms with Crippen molar-refractivity contribution in [3.8, 4) is 0 Å². The van der Waals surface area contributed by atoms with Gasteiger partial charge in [-0.25, -0.2) is 14.6 Å². The number of carboxylic acid groups (broad SMARTS) is 1. The lowest BCUT2D eigenvalue weighted by molar-refractivity contribution is -0.124.